The predicted molar refractivity (Wildman–Crippen MR) is 132 cm³/mol. The van der Waals surface area contributed by atoms with Gasteiger partial charge in [0, 0.05) is 18.7 Å². The summed E-state index contributed by atoms with van der Waals surface area (Å²) in [5.74, 6) is -2.21. The summed E-state index contributed by atoms with van der Waals surface area (Å²) in [6.07, 6.45) is 0. The zero-order chi connectivity index (χ0) is 25.7. The Morgan fingerprint density at radius 1 is 1.09 bits per heavy atom. The monoisotopic (exact) mass is 482 g/mol. The first-order valence-corrected chi connectivity index (χ1v) is 12.0. The van der Waals surface area contributed by atoms with Crippen molar-refractivity contribution in [2.24, 2.45) is 5.92 Å². The Bertz CT molecular complexity index is 1100. The average molecular weight is 483 g/mol. The van der Waals surface area contributed by atoms with Crippen molar-refractivity contribution in [1.82, 2.24) is 9.80 Å². The predicted octanol–water partition coefficient (Wildman–Crippen LogP) is 3.40. The van der Waals surface area contributed by atoms with Crippen LogP contribution in [0.3, 0.4) is 0 Å². The van der Waals surface area contributed by atoms with E-state index in [2.05, 4.69) is 4.90 Å². The second-order valence-corrected chi connectivity index (χ2v) is 8.52. The summed E-state index contributed by atoms with van der Waals surface area (Å²) in [5.41, 5.74) is 1.60. The minimum Gasteiger partial charge on any atom is -0.504 e. The SMILES string of the molecule is CCOc1cc(C2C(C(=O)c3ccc(OC)cc3C)C(=O)C(=O)N2CCN(CC)CC)ccc1O. The third kappa shape index (κ3) is 5.32. The molecule has 3 rings (SSSR count). The van der Waals surface area contributed by atoms with Crippen molar-refractivity contribution < 1.29 is 29.0 Å². The number of aryl methyl sites for hydroxylation is 1. The lowest BCUT2D eigenvalue weighted by atomic mass is 9.85. The number of aromatic hydroxyl groups is 1. The van der Waals surface area contributed by atoms with Crippen molar-refractivity contribution in [2.45, 2.75) is 33.7 Å². The first-order chi connectivity index (χ1) is 16.8. The number of carbonyl (C=O) groups excluding carboxylic acids is 3. The van der Waals surface area contributed by atoms with E-state index in [1.807, 2.05) is 13.8 Å². The van der Waals surface area contributed by atoms with E-state index in [9.17, 15) is 19.5 Å². The molecule has 1 aliphatic heterocycles. The summed E-state index contributed by atoms with van der Waals surface area (Å²) in [6.45, 7) is 10.4. The Morgan fingerprint density at radius 3 is 2.40 bits per heavy atom. The Kier molecular flexibility index (Phi) is 8.51. The van der Waals surface area contributed by atoms with E-state index in [0.29, 0.717) is 42.1 Å². The van der Waals surface area contributed by atoms with Gasteiger partial charge in [-0.25, -0.2) is 0 Å². The van der Waals surface area contributed by atoms with Crippen LogP contribution in [-0.2, 0) is 9.59 Å². The molecule has 35 heavy (non-hydrogen) atoms. The van der Waals surface area contributed by atoms with Crippen LogP contribution in [0.25, 0.3) is 0 Å². The first kappa shape index (κ1) is 26.2. The summed E-state index contributed by atoms with van der Waals surface area (Å²) in [4.78, 5) is 43.9. The number of rotatable bonds is 11. The lowest BCUT2D eigenvalue weighted by molar-refractivity contribution is -0.140. The van der Waals surface area contributed by atoms with Crippen LogP contribution in [0.1, 0.15) is 48.3 Å². The van der Waals surface area contributed by atoms with Gasteiger partial charge in [-0.1, -0.05) is 19.9 Å². The third-order valence-corrected chi connectivity index (χ3v) is 6.56. The number of phenolic OH excluding ortho intramolecular Hbond substituents is 1. The smallest absolute Gasteiger partial charge is 0.291 e. The Hall–Kier alpha value is -3.39. The summed E-state index contributed by atoms with van der Waals surface area (Å²) in [6, 6.07) is 8.95. The number of likely N-dealkylation sites (tertiary alicyclic amines) is 1. The van der Waals surface area contributed by atoms with Gasteiger partial charge < -0.3 is 24.4 Å². The maximum Gasteiger partial charge on any atom is 0.291 e. The number of hydrogen-bond acceptors (Lipinski definition) is 7. The largest absolute Gasteiger partial charge is 0.504 e. The third-order valence-electron chi connectivity index (χ3n) is 6.56. The van der Waals surface area contributed by atoms with Gasteiger partial charge in [0.15, 0.2) is 17.3 Å². The summed E-state index contributed by atoms with van der Waals surface area (Å²) in [7, 11) is 1.54. The van der Waals surface area contributed by atoms with Crippen molar-refractivity contribution in [3.63, 3.8) is 0 Å². The number of likely N-dealkylation sites (N-methyl/N-ethyl adjacent to an activating group) is 1. The number of Topliss-reactive ketones (excluding diaryl/α,β-unsaturated/α-hetero) is 2. The van der Waals surface area contributed by atoms with Gasteiger partial charge in [-0.2, -0.15) is 0 Å². The molecule has 1 heterocycles. The number of methoxy groups -OCH3 is 1. The van der Waals surface area contributed by atoms with Crippen LogP contribution in [-0.4, -0.2) is 72.3 Å². The average Bonchev–Trinajstić information content (AvgIpc) is 3.10. The molecule has 0 aromatic heterocycles. The molecule has 2 atom stereocenters. The highest BCUT2D eigenvalue weighted by Gasteiger charge is 2.51. The van der Waals surface area contributed by atoms with Crippen LogP contribution in [0.5, 0.6) is 17.2 Å². The second kappa shape index (κ2) is 11.4. The molecule has 1 saturated heterocycles. The van der Waals surface area contributed by atoms with Gasteiger partial charge in [-0.05, 0) is 68.4 Å². The molecule has 0 aliphatic carbocycles. The highest BCUT2D eigenvalue weighted by molar-refractivity contribution is 6.44. The molecule has 1 N–H and O–H groups in total. The van der Waals surface area contributed by atoms with Gasteiger partial charge in [0.25, 0.3) is 5.91 Å². The van der Waals surface area contributed by atoms with Crippen LogP contribution in [0.4, 0.5) is 0 Å². The standard InChI is InChI=1S/C27H34N2O6/c1-6-28(7-2)13-14-29-24(18-9-12-21(30)22(16-18)35-8-3)23(26(32)27(29)33)25(31)20-11-10-19(34-5)15-17(20)4/h9-12,15-16,23-24,30H,6-8,13-14H2,1-5H3. The number of hydrogen-bond donors (Lipinski definition) is 1. The van der Waals surface area contributed by atoms with E-state index in [0.717, 1.165) is 13.1 Å². The van der Waals surface area contributed by atoms with Crippen LogP contribution in [0.15, 0.2) is 36.4 Å². The van der Waals surface area contributed by atoms with E-state index < -0.39 is 29.4 Å². The summed E-state index contributed by atoms with van der Waals surface area (Å²) >= 11 is 0. The van der Waals surface area contributed by atoms with Gasteiger partial charge in [0.05, 0.1) is 19.8 Å². The molecule has 2 aromatic rings. The highest BCUT2D eigenvalue weighted by atomic mass is 16.5. The van der Waals surface area contributed by atoms with E-state index in [-0.39, 0.29) is 11.5 Å². The fraction of sp³-hybridized carbons (Fsp3) is 0.444. The molecule has 1 aliphatic rings. The number of amides is 1. The van der Waals surface area contributed by atoms with Gasteiger partial charge in [-0.3, -0.25) is 14.4 Å². The second-order valence-electron chi connectivity index (χ2n) is 8.52. The quantitative estimate of drug-likeness (QED) is 0.298. The molecule has 188 valence electrons. The topological polar surface area (TPSA) is 96.4 Å². The molecule has 0 bridgehead atoms. The highest BCUT2D eigenvalue weighted by Crippen LogP contribution is 2.41. The minimum atomic E-state index is -1.20. The van der Waals surface area contributed by atoms with Crippen LogP contribution < -0.4 is 9.47 Å². The number of carbonyl (C=O) groups is 3. The maximum atomic E-state index is 13.7. The molecule has 0 spiro atoms. The zero-order valence-electron chi connectivity index (χ0n) is 21.0. The number of phenols is 1. The van der Waals surface area contributed by atoms with Crippen LogP contribution in [0, 0.1) is 12.8 Å². The lowest BCUT2D eigenvalue weighted by Gasteiger charge is -2.30. The van der Waals surface area contributed by atoms with Crippen molar-refractivity contribution >= 4 is 17.5 Å². The van der Waals surface area contributed by atoms with E-state index in [1.54, 1.807) is 51.3 Å². The molecule has 8 heteroatoms. The Morgan fingerprint density at radius 2 is 1.80 bits per heavy atom. The van der Waals surface area contributed by atoms with Crippen molar-refractivity contribution in [2.75, 3.05) is 39.9 Å². The molecule has 2 unspecified atom stereocenters. The summed E-state index contributed by atoms with van der Waals surface area (Å²) < 4.78 is 10.8. The fourth-order valence-electron chi connectivity index (χ4n) is 4.58. The molecule has 8 nitrogen and oxygen atoms in total. The number of benzene rings is 2. The number of nitrogens with zero attached hydrogens (tertiary/aromatic N) is 2. The Balaban J connectivity index is 2.08. The molecule has 0 saturated carbocycles. The summed E-state index contributed by atoms with van der Waals surface area (Å²) in [5, 5.41) is 10.2. The van der Waals surface area contributed by atoms with Gasteiger partial charge in [0.1, 0.15) is 11.7 Å². The Labute approximate surface area is 206 Å². The molecule has 1 amide bonds. The van der Waals surface area contributed by atoms with Crippen molar-refractivity contribution in [1.29, 1.82) is 0 Å². The minimum absolute atomic E-state index is 0.0465. The number of ether oxygens (including phenoxy) is 2. The molecular weight excluding hydrogens is 448 g/mol. The van der Waals surface area contributed by atoms with Crippen LogP contribution >= 0.6 is 0 Å². The fourth-order valence-corrected chi connectivity index (χ4v) is 4.58. The van der Waals surface area contributed by atoms with Crippen molar-refractivity contribution in [3.8, 4) is 17.2 Å². The molecule has 0 radical (unpaired) electrons. The molecular formula is C27H34N2O6. The van der Waals surface area contributed by atoms with Crippen LogP contribution in [0.2, 0.25) is 0 Å². The normalized spacial score (nSPS) is 17.8. The van der Waals surface area contributed by atoms with E-state index in [1.165, 1.54) is 11.0 Å². The maximum absolute atomic E-state index is 13.7. The van der Waals surface area contributed by atoms with Gasteiger partial charge in [0.2, 0.25) is 5.78 Å². The van der Waals surface area contributed by atoms with E-state index >= 15 is 0 Å². The lowest BCUT2D eigenvalue weighted by Crippen LogP contribution is -2.38. The number of ketones is 2. The van der Waals surface area contributed by atoms with E-state index in [4.69, 9.17) is 9.47 Å². The van der Waals surface area contributed by atoms with Crippen molar-refractivity contribution in [3.05, 3.63) is 53.1 Å². The zero-order valence-corrected chi connectivity index (χ0v) is 21.0. The molecule has 2 aromatic carbocycles. The first-order valence-electron chi connectivity index (χ1n) is 12.0. The van der Waals surface area contributed by atoms with Gasteiger partial charge >= 0.3 is 0 Å². The van der Waals surface area contributed by atoms with Gasteiger partial charge in [-0.15, -0.1) is 0 Å². The molecule has 1 fully saturated rings.